The molecule has 7 aromatic rings. The molecular weight excluding hydrogens is 858 g/mol. The predicted octanol–water partition coefficient (Wildman–Crippen LogP) is 12.6. The number of rotatable bonds is 5. The summed E-state index contributed by atoms with van der Waals surface area (Å²) in [6, 6.07) is 36.8. The summed E-state index contributed by atoms with van der Waals surface area (Å²) < 4.78 is 8.77. The van der Waals surface area contributed by atoms with Gasteiger partial charge in [0, 0.05) is 68.0 Å². The average molecular weight is 906 g/mol. The summed E-state index contributed by atoms with van der Waals surface area (Å²) in [6.45, 7) is 24.8. The molecule has 4 heterocycles. The second-order valence-corrected chi connectivity index (χ2v) is 17.5. The molecule has 6 nitrogen and oxygen atoms in total. The van der Waals surface area contributed by atoms with Crippen LogP contribution in [0.1, 0.15) is 84.6 Å². The molecule has 4 aromatic carbocycles. The van der Waals surface area contributed by atoms with Gasteiger partial charge >= 0.3 is 0 Å². The van der Waals surface area contributed by atoms with Crippen molar-refractivity contribution < 1.29 is 25.8 Å². The molecule has 8 rings (SSSR count). The fraction of sp³-hybridized carbons (Fsp3) is 0.271. The molecule has 0 bridgehead atoms. The van der Waals surface area contributed by atoms with Crippen LogP contribution in [0, 0.1) is 25.7 Å². The Morgan fingerprint density at radius 1 is 0.655 bits per heavy atom. The monoisotopic (exact) mass is 905 g/mol. The van der Waals surface area contributed by atoms with Crippen molar-refractivity contribution in [3.05, 3.63) is 145 Å². The Morgan fingerprint density at radius 2 is 1.36 bits per heavy atom. The van der Waals surface area contributed by atoms with Gasteiger partial charge in [-0.15, -0.1) is 48.1 Å². The van der Waals surface area contributed by atoms with Crippen LogP contribution in [0.3, 0.4) is 0 Å². The number of ether oxygens (including phenoxy) is 1. The summed E-state index contributed by atoms with van der Waals surface area (Å²) in [6.07, 6.45) is 5.70. The topological polar surface area (TPSA) is 46.4 Å². The molecule has 284 valence electrons. The van der Waals surface area contributed by atoms with Gasteiger partial charge in [-0.3, -0.25) is 4.98 Å². The third-order valence-electron chi connectivity index (χ3n) is 10.3. The Balaban J connectivity index is 0.00000465. The number of para-hydroxylation sites is 1. The summed E-state index contributed by atoms with van der Waals surface area (Å²) in [5.74, 6) is 2.05. The number of pyridine rings is 2. The minimum absolute atomic E-state index is 0. The van der Waals surface area contributed by atoms with E-state index in [1.54, 1.807) is 0 Å². The Kier molecular flexibility index (Phi) is 9.74. The van der Waals surface area contributed by atoms with E-state index in [-0.39, 0.29) is 37.3 Å². The summed E-state index contributed by atoms with van der Waals surface area (Å²) in [5.41, 5.74) is 11.0. The predicted molar refractivity (Wildman–Crippen MR) is 223 cm³/mol. The molecule has 3 aromatic heterocycles. The van der Waals surface area contributed by atoms with E-state index in [0.717, 1.165) is 44.7 Å². The van der Waals surface area contributed by atoms with Crippen molar-refractivity contribution in [1.82, 2.24) is 14.5 Å². The standard InChI is InChI=1S/C48H48N5O.Pt/c1-31-24-38(47(5,6)7)45(39(25-31)48(8,9)10)52-30-51(43-29-49-22-21-41(43)52)33-14-13-15-34(27-33)54-35-18-19-37-36-16-11-12-17-40(36)53(42(37)28-35)44-26-32(20-23-50-44)46(2,3)4;/h11-26,29-30H,1-10H3;/q-3;. The van der Waals surface area contributed by atoms with Crippen LogP contribution in [0.5, 0.6) is 11.5 Å². The van der Waals surface area contributed by atoms with E-state index < -0.39 is 0 Å². The fourth-order valence-electron chi connectivity index (χ4n) is 7.49. The van der Waals surface area contributed by atoms with E-state index in [1.807, 2.05) is 36.8 Å². The molecule has 0 spiro atoms. The van der Waals surface area contributed by atoms with Gasteiger partial charge < -0.3 is 19.1 Å². The second-order valence-electron chi connectivity index (χ2n) is 17.5. The molecule has 0 N–H and O–H groups in total. The molecule has 0 amide bonds. The first-order valence-electron chi connectivity index (χ1n) is 18.7. The third kappa shape index (κ3) is 7.06. The van der Waals surface area contributed by atoms with Crippen LogP contribution >= 0.6 is 0 Å². The van der Waals surface area contributed by atoms with Gasteiger partial charge in [-0.2, -0.15) is 12.1 Å². The fourth-order valence-corrected chi connectivity index (χ4v) is 7.49. The second kappa shape index (κ2) is 14.0. The molecule has 0 aliphatic carbocycles. The zero-order chi connectivity index (χ0) is 38.2. The van der Waals surface area contributed by atoms with E-state index >= 15 is 0 Å². The van der Waals surface area contributed by atoms with Gasteiger partial charge in [0.25, 0.3) is 0 Å². The molecule has 0 fully saturated rings. The van der Waals surface area contributed by atoms with Crippen molar-refractivity contribution in [2.24, 2.45) is 0 Å². The quantitative estimate of drug-likeness (QED) is 0.161. The molecule has 0 radical (unpaired) electrons. The number of hydrogen-bond donors (Lipinski definition) is 0. The van der Waals surface area contributed by atoms with Gasteiger partial charge in [-0.25, -0.2) is 4.98 Å². The van der Waals surface area contributed by atoms with E-state index in [9.17, 15) is 0 Å². The van der Waals surface area contributed by atoms with Gasteiger partial charge in [-0.05, 0) is 69.5 Å². The largest absolute Gasteiger partial charge is 0.509 e. The number of anilines is 4. The van der Waals surface area contributed by atoms with Gasteiger partial charge in [0.2, 0.25) is 0 Å². The van der Waals surface area contributed by atoms with Crippen LogP contribution in [0.25, 0.3) is 27.6 Å². The minimum Gasteiger partial charge on any atom is -0.509 e. The Morgan fingerprint density at radius 3 is 2.07 bits per heavy atom. The number of aryl methyl sites for hydroxylation is 1. The van der Waals surface area contributed by atoms with Crippen molar-refractivity contribution >= 4 is 44.6 Å². The minimum atomic E-state index is -0.0789. The number of benzene rings is 4. The van der Waals surface area contributed by atoms with E-state index in [4.69, 9.17) is 9.72 Å². The normalized spacial score (nSPS) is 13.3. The van der Waals surface area contributed by atoms with Gasteiger partial charge in [-0.1, -0.05) is 104 Å². The zero-order valence-corrected chi connectivity index (χ0v) is 35.6. The Bertz CT molecular complexity index is 2510. The van der Waals surface area contributed by atoms with Crippen molar-refractivity contribution in [2.75, 3.05) is 9.80 Å². The summed E-state index contributed by atoms with van der Waals surface area (Å²) >= 11 is 0. The molecule has 55 heavy (non-hydrogen) atoms. The van der Waals surface area contributed by atoms with Gasteiger partial charge in [0.1, 0.15) is 5.82 Å². The molecule has 0 unspecified atom stereocenters. The number of hydrogen-bond acceptors (Lipinski definition) is 5. The molecule has 0 atom stereocenters. The van der Waals surface area contributed by atoms with Gasteiger partial charge in [0.05, 0.1) is 5.69 Å². The summed E-state index contributed by atoms with van der Waals surface area (Å²) in [7, 11) is 0. The van der Waals surface area contributed by atoms with Crippen LogP contribution in [0.2, 0.25) is 0 Å². The van der Waals surface area contributed by atoms with Crippen LogP contribution in [0.4, 0.5) is 22.7 Å². The van der Waals surface area contributed by atoms with Crippen molar-refractivity contribution in [3.8, 4) is 17.3 Å². The van der Waals surface area contributed by atoms with Crippen molar-refractivity contribution in [2.45, 2.75) is 85.5 Å². The Hall–Kier alpha value is -4.93. The van der Waals surface area contributed by atoms with Crippen LogP contribution in [-0.2, 0) is 37.3 Å². The van der Waals surface area contributed by atoms with E-state index in [2.05, 4.69) is 174 Å². The molecular formula is C48H48N5OPt-3. The van der Waals surface area contributed by atoms with Crippen molar-refractivity contribution in [1.29, 1.82) is 0 Å². The third-order valence-corrected chi connectivity index (χ3v) is 10.3. The zero-order valence-electron chi connectivity index (χ0n) is 33.4. The maximum Gasteiger partial charge on any atom is 0.135 e. The SMILES string of the molecule is Cc1cc(C(C)(C)C)c(N2[CH-]N(c3[c-]c(Oc4[c-]c5c(cc4)c4ccccc4n5-c4cc(C(C)(C)C)ccn4)ccc3)c3cnccc32)c(C(C)(C)C)c1.[Pt]. The van der Waals surface area contributed by atoms with Crippen molar-refractivity contribution in [3.63, 3.8) is 0 Å². The molecule has 1 aliphatic rings. The van der Waals surface area contributed by atoms with Gasteiger partial charge in [0.15, 0.2) is 0 Å². The first kappa shape index (κ1) is 38.3. The summed E-state index contributed by atoms with van der Waals surface area (Å²) in [5, 5.41) is 2.24. The first-order valence-corrected chi connectivity index (χ1v) is 18.7. The molecule has 1 aliphatic heterocycles. The van der Waals surface area contributed by atoms with E-state index in [0.29, 0.717) is 11.5 Å². The molecule has 7 heteroatoms. The molecule has 0 saturated heterocycles. The van der Waals surface area contributed by atoms with Crippen LogP contribution in [0.15, 0.2) is 104 Å². The Labute approximate surface area is 340 Å². The summed E-state index contributed by atoms with van der Waals surface area (Å²) in [4.78, 5) is 13.9. The maximum absolute atomic E-state index is 6.58. The number of aromatic nitrogens is 3. The number of fused-ring (bicyclic) bond motifs is 4. The number of nitrogens with zero attached hydrogens (tertiary/aromatic N) is 5. The molecule has 0 saturated carbocycles. The van der Waals surface area contributed by atoms with Crippen LogP contribution in [-0.4, -0.2) is 14.5 Å². The first-order chi connectivity index (χ1) is 25.6. The van der Waals surface area contributed by atoms with E-state index in [1.165, 1.54) is 27.9 Å². The smallest absolute Gasteiger partial charge is 0.135 e. The maximum atomic E-state index is 6.58. The average Bonchev–Trinajstić information content (AvgIpc) is 3.66. The van der Waals surface area contributed by atoms with Crippen LogP contribution < -0.4 is 14.5 Å².